The highest BCUT2D eigenvalue weighted by atomic mass is 19.1. The lowest BCUT2D eigenvalue weighted by molar-refractivity contribution is -0.198. The topological polar surface area (TPSA) is 71.4 Å². The number of hydrogen-bond acceptors (Lipinski definition) is 3. The quantitative estimate of drug-likeness (QED) is 0.324. The number of ketones is 1. The Kier molecular flexibility index (Phi) is 7.01. The minimum Gasteiger partial charge on any atom is -0.481 e. The SMILES string of the molecule is CC(C)C1=C2[C@H]3CCC4[C@@]5(C)CC=C(C6=CC[C@](CF)(C(=O)O)CC6)C(C)(C)C5CC[C@@]4(C)[C@]3(C)CC[C@@]2(C=O)CC1=O. The molecule has 0 aromatic heterocycles. The van der Waals surface area contributed by atoms with Gasteiger partial charge in [-0.3, -0.25) is 9.59 Å². The van der Waals surface area contributed by atoms with Crippen molar-refractivity contribution in [2.24, 2.45) is 56.2 Å². The number of allylic oxidation sites excluding steroid dienone is 6. The van der Waals surface area contributed by atoms with Gasteiger partial charge in [0.2, 0.25) is 0 Å². The number of carboxylic acid groups (broad SMARTS) is 1. The highest BCUT2D eigenvalue weighted by Gasteiger charge is 2.69. The third-order valence-corrected chi connectivity index (χ3v) is 15.0. The lowest BCUT2D eigenvalue weighted by Gasteiger charge is -2.71. The molecule has 8 atom stereocenters. The van der Waals surface area contributed by atoms with Gasteiger partial charge in [-0.1, -0.05) is 60.6 Å². The molecule has 0 amide bonds. The van der Waals surface area contributed by atoms with Gasteiger partial charge in [0.25, 0.3) is 0 Å². The number of aliphatic carboxylic acids is 1. The van der Waals surface area contributed by atoms with Gasteiger partial charge in [0.15, 0.2) is 5.78 Å². The first kappa shape index (κ1) is 31.0. The van der Waals surface area contributed by atoms with E-state index >= 15 is 0 Å². The second-order valence-corrected chi connectivity index (χ2v) is 17.2. The van der Waals surface area contributed by atoms with Crippen LogP contribution in [0.2, 0.25) is 0 Å². The van der Waals surface area contributed by atoms with Gasteiger partial charge in [-0.05, 0) is 132 Å². The first-order valence-electron chi connectivity index (χ1n) is 17.0. The zero-order valence-corrected chi connectivity index (χ0v) is 27.6. The first-order valence-corrected chi connectivity index (χ1v) is 17.0. The highest BCUT2D eigenvalue weighted by Crippen LogP contribution is 2.76. The number of aldehydes is 1. The van der Waals surface area contributed by atoms with Gasteiger partial charge in [0.05, 0.1) is 10.8 Å². The summed E-state index contributed by atoms with van der Waals surface area (Å²) in [6.07, 6.45) is 14.6. The van der Waals surface area contributed by atoms with Crippen molar-refractivity contribution in [1.29, 1.82) is 0 Å². The molecule has 6 aliphatic rings. The van der Waals surface area contributed by atoms with Crippen molar-refractivity contribution in [1.82, 2.24) is 0 Å². The third kappa shape index (κ3) is 3.87. The molecule has 3 saturated carbocycles. The van der Waals surface area contributed by atoms with E-state index in [-0.39, 0.29) is 45.7 Å². The summed E-state index contributed by atoms with van der Waals surface area (Å²) in [6.45, 7) is 15.9. The summed E-state index contributed by atoms with van der Waals surface area (Å²) in [5, 5.41) is 9.73. The van der Waals surface area contributed by atoms with Crippen LogP contribution in [0.5, 0.6) is 0 Å². The fourth-order valence-electron chi connectivity index (χ4n) is 12.5. The maximum Gasteiger partial charge on any atom is 0.312 e. The smallest absolute Gasteiger partial charge is 0.312 e. The van der Waals surface area contributed by atoms with Crippen LogP contribution < -0.4 is 0 Å². The summed E-state index contributed by atoms with van der Waals surface area (Å²) in [6, 6.07) is 0. The first-order chi connectivity index (χ1) is 20.1. The number of carbonyl (C=O) groups excluding carboxylic acids is 2. The van der Waals surface area contributed by atoms with Crippen molar-refractivity contribution in [3.63, 3.8) is 0 Å². The summed E-state index contributed by atoms with van der Waals surface area (Å²) < 4.78 is 13.9. The van der Waals surface area contributed by atoms with E-state index in [1.165, 1.54) is 16.7 Å². The Bertz CT molecular complexity index is 1350. The fraction of sp³-hybridized carbons (Fsp3) is 0.763. The molecule has 5 heteroatoms. The predicted molar refractivity (Wildman–Crippen MR) is 167 cm³/mol. The molecule has 236 valence electrons. The Labute approximate surface area is 258 Å². The standard InChI is InChI=1S/C38H53FO4/c1-23(2)30-27(41)20-38(22-40)19-18-35(6)26(31(30)38)8-9-29-34(5)14-12-25(33(3,4)28(34)13-15-36(29,35)7)24-10-16-37(21-39,17-11-24)32(42)43/h10,12,22-23,26,28-29H,8-9,11,13-21H2,1-7H3,(H,42,43)/t26-,28?,29?,34+,35-,36-,37+,38+/m1/s1. The van der Waals surface area contributed by atoms with Crippen LogP contribution in [-0.2, 0) is 14.4 Å². The highest BCUT2D eigenvalue weighted by molar-refractivity contribution is 6.03. The van der Waals surface area contributed by atoms with Gasteiger partial charge in [-0.25, -0.2) is 4.39 Å². The normalized spacial score (nSPS) is 45.4. The van der Waals surface area contributed by atoms with Crippen LogP contribution in [0.15, 0.2) is 34.4 Å². The van der Waals surface area contributed by atoms with Crippen molar-refractivity contribution in [3.8, 4) is 0 Å². The molecule has 4 nitrogen and oxygen atoms in total. The molecule has 6 aliphatic carbocycles. The Morgan fingerprint density at radius 2 is 1.70 bits per heavy atom. The van der Waals surface area contributed by atoms with Crippen LogP contribution in [0.1, 0.15) is 119 Å². The number of carbonyl (C=O) groups is 3. The van der Waals surface area contributed by atoms with Crippen LogP contribution in [0.25, 0.3) is 0 Å². The Hall–Kier alpha value is -2.04. The van der Waals surface area contributed by atoms with E-state index in [0.29, 0.717) is 31.1 Å². The van der Waals surface area contributed by atoms with E-state index in [9.17, 15) is 23.9 Å². The average Bonchev–Trinajstić information content (AvgIpc) is 3.26. The second kappa shape index (κ2) is 9.73. The van der Waals surface area contributed by atoms with E-state index in [1.807, 2.05) is 6.08 Å². The van der Waals surface area contributed by atoms with Gasteiger partial charge in [0.1, 0.15) is 13.0 Å². The number of carboxylic acids is 1. The lowest BCUT2D eigenvalue weighted by Crippen LogP contribution is -2.64. The van der Waals surface area contributed by atoms with Crippen molar-refractivity contribution < 1.29 is 23.9 Å². The lowest BCUT2D eigenvalue weighted by atomic mass is 9.33. The summed E-state index contributed by atoms with van der Waals surface area (Å²) in [5.41, 5.74) is 3.18. The molecule has 1 N–H and O–H groups in total. The van der Waals surface area contributed by atoms with Gasteiger partial charge >= 0.3 is 5.97 Å². The number of hydrogen-bond donors (Lipinski definition) is 1. The van der Waals surface area contributed by atoms with E-state index in [4.69, 9.17) is 0 Å². The van der Waals surface area contributed by atoms with Gasteiger partial charge in [-0.2, -0.15) is 0 Å². The van der Waals surface area contributed by atoms with Gasteiger partial charge in [0, 0.05) is 6.42 Å². The zero-order valence-electron chi connectivity index (χ0n) is 27.6. The Morgan fingerprint density at radius 3 is 2.28 bits per heavy atom. The Balaban J connectivity index is 1.36. The predicted octanol–water partition coefficient (Wildman–Crippen LogP) is 8.85. The Morgan fingerprint density at radius 1 is 0.977 bits per heavy atom. The third-order valence-electron chi connectivity index (χ3n) is 15.0. The molecule has 0 aliphatic heterocycles. The average molecular weight is 593 g/mol. The molecule has 0 spiro atoms. The molecule has 0 saturated heterocycles. The largest absolute Gasteiger partial charge is 0.481 e. The molecule has 3 fully saturated rings. The molecule has 6 rings (SSSR count). The molecule has 0 bridgehead atoms. The summed E-state index contributed by atoms with van der Waals surface area (Å²) >= 11 is 0. The van der Waals surface area contributed by atoms with E-state index in [0.717, 1.165) is 56.8 Å². The zero-order chi connectivity index (χ0) is 31.4. The van der Waals surface area contributed by atoms with Crippen LogP contribution in [0.3, 0.4) is 0 Å². The molecular weight excluding hydrogens is 539 g/mol. The maximum atomic E-state index is 13.9. The number of alkyl halides is 1. The van der Waals surface area contributed by atoms with Crippen molar-refractivity contribution >= 4 is 18.0 Å². The van der Waals surface area contributed by atoms with Crippen molar-refractivity contribution in [3.05, 3.63) is 34.4 Å². The van der Waals surface area contributed by atoms with Crippen molar-refractivity contribution in [2.45, 2.75) is 119 Å². The number of rotatable bonds is 5. The van der Waals surface area contributed by atoms with Crippen LogP contribution >= 0.6 is 0 Å². The van der Waals surface area contributed by atoms with Crippen LogP contribution in [0.4, 0.5) is 4.39 Å². The molecule has 43 heavy (non-hydrogen) atoms. The fourth-order valence-corrected chi connectivity index (χ4v) is 12.5. The number of Topliss-reactive ketones (excluding diaryl/α,β-unsaturated/α-hetero) is 1. The van der Waals surface area contributed by atoms with E-state index in [2.05, 4.69) is 54.5 Å². The molecule has 0 radical (unpaired) electrons. The number of fused-ring (bicyclic) bond motifs is 7. The summed E-state index contributed by atoms with van der Waals surface area (Å²) in [7, 11) is 0. The molecule has 0 aromatic rings. The van der Waals surface area contributed by atoms with Crippen molar-refractivity contribution in [2.75, 3.05) is 6.67 Å². The molecule has 0 heterocycles. The van der Waals surface area contributed by atoms with Crippen LogP contribution in [-0.4, -0.2) is 29.8 Å². The molecule has 2 unspecified atom stereocenters. The van der Waals surface area contributed by atoms with E-state index < -0.39 is 23.5 Å². The van der Waals surface area contributed by atoms with Gasteiger partial charge in [-0.15, -0.1) is 0 Å². The second-order valence-electron chi connectivity index (χ2n) is 17.2. The molecule has 0 aromatic carbocycles. The number of halogens is 1. The van der Waals surface area contributed by atoms with E-state index in [1.54, 1.807) is 0 Å². The minimum absolute atomic E-state index is 0.0447. The minimum atomic E-state index is -1.27. The van der Waals surface area contributed by atoms with Gasteiger partial charge < -0.3 is 9.90 Å². The maximum absolute atomic E-state index is 13.9. The summed E-state index contributed by atoms with van der Waals surface area (Å²) in [5.74, 6) is 0.677. The van der Waals surface area contributed by atoms with Crippen LogP contribution in [0, 0.1) is 56.2 Å². The summed E-state index contributed by atoms with van der Waals surface area (Å²) in [4.78, 5) is 38.0. The molecular formula is C38H53FO4. The monoisotopic (exact) mass is 592 g/mol.